The average Bonchev–Trinajstić information content (AvgIpc) is 2.72. The SMILES string of the molecule is CC[C@H](Oc1ccc(-c2ccccc2)cc1)C(=O)OCc1ccccc1. The van der Waals surface area contributed by atoms with Crippen molar-refractivity contribution in [1.82, 2.24) is 0 Å². The molecule has 3 heteroatoms. The molecule has 0 fully saturated rings. The van der Waals surface area contributed by atoms with Gasteiger partial charge in [0.05, 0.1) is 0 Å². The lowest BCUT2D eigenvalue weighted by Gasteiger charge is -2.17. The Morgan fingerprint density at radius 1 is 0.808 bits per heavy atom. The Balaban J connectivity index is 1.59. The number of benzene rings is 3. The molecule has 26 heavy (non-hydrogen) atoms. The molecule has 3 aromatic carbocycles. The maximum Gasteiger partial charge on any atom is 0.347 e. The highest BCUT2D eigenvalue weighted by molar-refractivity contribution is 5.75. The zero-order valence-electron chi connectivity index (χ0n) is 14.8. The van der Waals surface area contributed by atoms with Crippen LogP contribution in [0.4, 0.5) is 0 Å². The van der Waals surface area contributed by atoms with Gasteiger partial charge in [-0.3, -0.25) is 0 Å². The van der Waals surface area contributed by atoms with Gasteiger partial charge < -0.3 is 9.47 Å². The highest BCUT2D eigenvalue weighted by Crippen LogP contribution is 2.23. The summed E-state index contributed by atoms with van der Waals surface area (Å²) in [4.78, 5) is 12.3. The van der Waals surface area contributed by atoms with Gasteiger partial charge in [0.15, 0.2) is 6.10 Å². The number of ether oxygens (including phenoxy) is 2. The second-order valence-corrected chi connectivity index (χ2v) is 6.00. The van der Waals surface area contributed by atoms with Gasteiger partial charge in [-0.1, -0.05) is 79.7 Å². The summed E-state index contributed by atoms with van der Waals surface area (Å²) in [7, 11) is 0. The first-order valence-electron chi connectivity index (χ1n) is 8.79. The molecule has 0 saturated carbocycles. The van der Waals surface area contributed by atoms with E-state index in [9.17, 15) is 4.79 Å². The number of hydrogen-bond donors (Lipinski definition) is 0. The number of carbonyl (C=O) groups excluding carboxylic acids is 1. The Kier molecular flexibility index (Phi) is 6.05. The molecule has 0 amide bonds. The minimum Gasteiger partial charge on any atom is -0.479 e. The number of rotatable bonds is 7. The van der Waals surface area contributed by atoms with Crippen molar-refractivity contribution in [1.29, 1.82) is 0 Å². The van der Waals surface area contributed by atoms with Crippen LogP contribution in [-0.2, 0) is 16.1 Å². The molecule has 1 atom stereocenters. The first-order valence-corrected chi connectivity index (χ1v) is 8.79. The second kappa shape index (κ2) is 8.86. The summed E-state index contributed by atoms with van der Waals surface area (Å²) in [5.74, 6) is 0.316. The Labute approximate surface area is 154 Å². The minimum absolute atomic E-state index is 0.256. The summed E-state index contributed by atoms with van der Waals surface area (Å²) in [6.07, 6.45) is -0.0603. The van der Waals surface area contributed by atoms with Crippen LogP contribution in [0.1, 0.15) is 18.9 Å². The minimum atomic E-state index is -0.610. The maximum absolute atomic E-state index is 12.3. The summed E-state index contributed by atoms with van der Waals surface area (Å²) in [6.45, 7) is 2.17. The lowest BCUT2D eigenvalue weighted by atomic mass is 10.1. The summed E-state index contributed by atoms with van der Waals surface area (Å²) >= 11 is 0. The molecule has 3 nitrogen and oxygen atoms in total. The van der Waals surface area contributed by atoms with Crippen LogP contribution in [0.5, 0.6) is 5.75 Å². The average molecular weight is 346 g/mol. The van der Waals surface area contributed by atoms with Gasteiger partial charge in [-0.05, 0) is 35.2 Å². The van der Waals surface area contributed by atoms with Gasteiger partial charge in [0.25, 0.3) is 0 Å². The van der Waals surface area contributed by atoms with E-state index in [1.54, 1.807) is 0 Å². The fourth-order valence-corrected chi connectivity index (χ4v) is 2.64. The third-order valence-corrected chi connectivity index (χ3v) is 4.10. The lowest BCUT2D eigenvalue weighted by Crippen LogP contribution is -2.28. The predicted molar refractivity (Wildman–Crippen MR) is 103 cm³/mol. The molecule has 0 unspecified atom stereocenters. The molecule has 0 aliphatic rings. The molecule has 0 aromatic heterocycles. The van der Waals surface area contributed by atoms with Gasteiger partial charge in [0.1, 0.15) is 12.4 Å². The zero-order valence-corrected chi connectivity index (χ0v) is 14.8. The van der Waals surface area contributed by atoms with Gasteiger partial charge in [-0.2, -0.15) is 0 Å². The van der Waals surface area contributed by atoms with Crippen molar-refractivity contribution in [2.45, 2.75) is 26.1 Å². The number of carbonyl (C=O) groups is 1. The monoisotopic (exact) mass is 346 g/mol. The van der Waals surface area contributed by atoms with Crippen LogP contribution in [0.25, 0.3) is 11.1 Å². The quantitative estimate of drug-likeness (QED) is 0.548. The van der Waals surface area contributed by atoms with Gasteiger partial charge in [0, 0.05) is 0 Å². The van der Waals surface area contributed by atoms with E-state index in [1.165, 1.54) is 0 Å². The van der Waals surface area contributed by atoms with Crippen molar-refractivity contribution < 1.29 is 14.3 Å². The van der Waals surface area contributed by atoms with Gasteiger partial charge in [-0.15, -0.1) is 0 Å². The van der Waals surface area contributed by atoms with Gasteiger partial charge in [-0.25, -0.2) is 4.79 Å². The molecule has 0 spiro atoms. The Hall–Kier alpha value is -3.07. The molecule has 0 bridgehead atoms. The maximum atomic E-state index is 12.3. The fourth-order valence-electron chi connectivity index (χ4n) is 2.64. The smallest absolute Gasteiger partial charge is 0.347 e. The van der Waals surface area contributed by atoms with E-state index < -0.39 is 6.10 Å². The predicted octanol–water partition coefficient (Wildman–Crippen LogP) is 5.25. The van der Waals surface area contributed by atoms with E-state index in [4.69, 9.17) is 9.47 Å². The van der Waals surface area contributed by atoms with Crippen LogP contribution in [0.15, 0.2) is 84.9 Å². The first kappa shape index (κ1) is 17.7. The van der Waals surface area contributed by atoms with Crippen LogP contribution in [0, 0.1) is 0 Å². The molecule has 0 heterocycles. The van der Waals surface area contributed by atoms with Crippen molar-refractivity contribution in [2.75, 3.05) is 0 Å². The molecular weight excluding hydrogens is 324 g/mol. The third kappa shape index (κ3) is 4.73. The summed E-state index contributed by atoms with van der Waals surface area (Å²) in [5.41, 5.74) is 3.22. The summed E-state index contributed by atoms with van der Waals surface area (Å²) in [6, 6.07) is 27.5. The number of esters is 1. The normalized spacial score (nSPS) is 11.6. The molecular formula is C23H22O3. The molecule has 0 saturated heterocycles. The van der Waals surface area contributed by atoms with Crippen LogP contribution >= 0.6 is 0 Å². The van der Waals surface area contributed by atoms with Crippen LogP contribution in [-0.4, -0.2) is 12.1 Å². The zero-order chi connectivity index (χ0) is 18.2. The molecule has 0 radical (unpaired) electrons. The third-order valence-electron chi connectivity index (χ3n) is 4.10. The van der Waals surface area contributed by atoms with E-state index in [-0.39, 0.29) is 12.6 Å². The van der Waals surface area contributed by atoms with Crippen LogP contribution in [0.2, 0.25) is 0 Å². The fraction of sp³-hybridized carbons (Fsp3) is 0.174. The van der Waals surface area contributed by atoms with Crippen molar-refractivity contribution in [2.24, 2.45) is 0 Å². The highest BCUT2D eigenvalue weighted by Gasteiger charge is 2.20. The van der Waals surface area contributed by atoms with E-state index in [0.717, 1.165) is 16.7 Å². The van der Waals surface area contributed by atoms with Gasteiger partial charge >= 0.3 is 5.97 Å². The lowest BCUT2D eigenvalue weighted by molar-refractivity contribution is -0.153. The molecule has 0 aliphatic carbocycles. The molecule has 132 valence electrons. The topological polar surface area (TPSA) is 35.5 Å². The first-order chi connectivity index (χ1) is 12.8. The number of hydrogen-bond acceptors (Lipinski definition) is 3. The van der Waals surface area contributed by atoms with Gasteiger partial charge in [0.2, 0.25) is 0 Å². The summed E-state index contributed by atoms with van der Waals surface area (Å²) in [5, 5.41) is 0. The molecule has 3 aromatic rings. The van der Waals surface area contributed by atoms with Crippen molar-refractivity contribution >= 4 is 5.97 Å². The van der Waals surface area contributed by atoms with Crippen molar-refractivity contribution in [3.8, 4) is 16.9 Å². The van der Waals surface area contributed by atoms with E-state index in [0.29, 0.717) is 12.2 Å². The molecule has 3 rings (SSSR count). The Bertz CT molecular complexity index is 811. The van der Waals surface area contributed by atoms with Crippen molar-refractivity contribution in [3.05, 3.63) is 90.5 Å². The van der Waals surface area contributed by atoms with E-state index >= 15 is 0 Å². The van der Waals surface area contributed by atoms with Crippen LogP contribution in [0.3, 0.4) is 0 Å². The second-order valence-electron chi connectivity index (χ2n) is 6.00. The largest absolute Gasteiger partial charge is 0.479 e. The summed E-state index contributed by atoms with van der Waals surface area (Å²) < 4.78 is 11.2. The van der Waals surface area contributed by atoms with E-state index in [2.05, 4.69) is 12.1 Å². The molecule has 0 N–H and O–H groups in total. The van der Waals surface area contributed by atoms with Crippen molar-refractivity contribution in [3.63, 3.8) is 0 Å². The standard InChI is InChI=1S/C23H22O3/c1-2-22(23(24)25-17-18-9-5-3-6-10-18)26-21-15-13-20(14-16-21)19-11-7-4-8-12-19/h3-16,22H,2,17H2,1H3/t22-/m0/s1. The Morgan fingerprint density at radius 2 is 1.38 bits per heavy atom. The molecule has 0 aliphatic heterocycles. The van der Waals surface area contributed by atoms with Crippen LogP contribution < -0.4 is 4.74 Å². The Morgan fingerprint density at radius 3 is 2.00 bits per heavy atom. The van der Waals surface area contributed by atoms with E-state index in [1.807, 2.05) is 79.7 Å². The highest BCUT2D eigenvalue weighted by atomic mass is 16.6.